The monoisotopic (exact) mass is 474 g/mol. The summed E-state index contributed by atoms with van der Waals surface area (Å²) in [6, 6.07) is 11.6. The molecule has 2 amide bonds. The maximum absolute atomic E-state index is 13.1. The number of carbonyl (C=O) groups is 2. The number of ether oxygens (including phenoxy) is 1. The zero-order chi connectivity index (χ0) is 24.4. The first-order valence-corrected chi connectivity index (χ1v) is 12.1. The van der Waals surface area contributed by atoms with Crippen molar-refractivity contribution in [1.29, 1.82) is 0 Å². The van der Waals surface area contributed by atoms with Gasteiger partial charge in [0.25, 0.3) is 5.91 Å². The summed E-state index contributed by atoms with van der Waals surface area (Å²) in [5, 5.41) is 4.42. The predicted molar refractivity (Wildman–Crippen MR) is 129 cm³/mol. The number of piperidine rings is 1. The lowest BCUT2D eigenvalue weighted by molar-refractivity contribution is -0.127. The van der Waals surface area contributed by atoms with Crippen LogP contribution in [0.1, 0.15) is 60.0 Å². The zero-order valence-corrected chi connectivity index (χ0v) is 20.1. The van der Waals surface area contributed by atoms with Gasteiger partial charge in [0.05, 0.1) is 17.8 Å². The molecule has 0 aliphatic carbocycles. The van der Waals surface area contributed by atoms with E-state index in [1.165, 1.54) is 0 Å². The SMILES string of the molecule is CC(=O)N1CCC(n2cc(C(=O)N3CCC(c4nc(C)cc(Oc5ccccc5)n4)CC3)cn2)C1. The Hall–Kier alpha value is -3.75. The van der Waals surface area contributed by atoms with Crippen LogP contribution >= 0.6 is 0 Å². The first kappa shape index (κ1) is 23.0. The lowest BCUT2D eigenvalue weighted by Gasteiger charge is -2.31. The second-order valence-corrected chi connectivity index (χ2v) is 9.30. The predicted octanol–water partition coefficient (Wildman–Crippen LogP) is 3.59. The Kier molecular flexibility index (Phi) is 6.48. The van der Waals surface area contributed by atoms with Crippen LogP contribution < -0.4 is 4.74 Å². The van der Waals surface area contributed by atoms with Crippen molar-refractivity contribution in [2.75, 3.05) is 26.2 Å². The van der Waals surface area contributed by atoms with E-state index in [2.05, 4.69) is 15.1 Å². The third-order valence-corrected chi connectivity index (χ3v) is 6.79. The second kappa shape index (κ2) is 9.85. The number of hydrogen-bond donors (Lipinski definition) is 0. The fraction of sp³-hybridized carbons (Fsp3) is 0.423. The summed E-state index contributed by atoms with van der Waals surface area (Å²) in [4.78, 5) is 37.8. The van der Waals surface area contributed by atoms with Crippen molar-refractivity contribution in [3.8, 4) is 11.6 Å². The normalized spacial score (nSPS) is 18.6. The Labute approximate surface area is 204 Å². The van der Waals surface area contributed by atoms with Gasteiger partial charge in [0, 0.05) is 57.0 Å². The first-order valence-electron chi connectivity index (χ1n) is 12.1. The van der Waals surface area contributed by atoms with Crippen molar-refractivity contribution in [2.45, 2.75) is 45.1 Å². The van der Waals surface area contributed by atoms with Gasteiger partial charge < -0.3 is 14.5 Å². The van der Waals surface area contributed by atoms with Crippen LogP contribution in [0.25, 0.3) is 0 Å². The molecule has 2 aliphatic rings. The van der Waals surface area contributed by atoms with E-state index in [0.717, 1.165) is 43.1 Å². The van der Waals surface area contributed by atoms with E-state index < -0.39 is 0 Å². The molecule has 1 unspecified atom stereocenters. The molecule has 0 N–H and O–H groups in total. The lowest BCUT2D eigenvalue weighted by Crippen LogP contribution is -2.38. The number of aryl methyl sites for hydroxylation is 1. The highest BCUT2D eigenvalue weighted by Crippen LogP contribution is 2.29. The third-order valence-electron chi connectivity index (χ3n) is 6.79. The number of hydrogen-bond acceptors (Lipinski definition) is 6. The van der Waals surface area contributed by atoms with E-state index >= 15 is 0 Å². The van der Waals surface area contributed by atoms with Crippen LogP contribution in [0.2, 0.25) is 0 Å². The molecular weight excluding hydrogens is 444 g/mol. The van der Waals surface area contributed by atoms with E-state index in [4.69, 9.17) is 4.74 Å². The molecule has 2 fully saturated rings. The Morgan fingerprint density at radius 3 is 2.46 bits per heavy atom. The van der Waals surface area contributed by atoms with Gasteiger partial charge >= 0.3 is 0 Å². The van der Waals surface area contributed by atoms with E-state index in [-0.39, 0.29) is 23.8 Å². The van der Waals surface area contributed by atoms with Crippen molar-refractivity contribution < 1.29 is 14.3 Å². The molecule has 5 rings (SSSR count). The summed E-state index contributed by atoms with van der Waals surface area (Å²) in [5.74, 6) is 2.30. The topological polar surface area (TPSA) is 93.5 Å². The van der Waals surface area contributed by atoms with Gasteiger partial charge in [-0.05, 0) is 38.3 Å². The van der Waals surface area contributed by atoms with Crippen LogP contribution in [0.4, 0.5) is 0 Å². The van der Waals surface area contributed by atoms with Crippen LogP contribution in [-0.2, 0) is 4.79 Å². The van der Waals surface area contributed by atoms with Gasteiger partial charge in [-0.25, -0.2) is 4.98 Å². The van der Waals surface area contributed by atoms with Crippen molar-refractivity contribution in [1.82, 2.24) is 29.5 Å². The molecule has 9 nitrogen and oxygen atoms in total. The smallest absolute Gasteiger partial charge is 0.257 e. The fourth-order valence-electron chi connectivity index (χ4n) is 4.82. The number of nitrogens with zero attached hydrogens (tertiary/aromatic N) is 6. The molecule has 0 bridgehead atoms. The maximum atomic E-state index is 13.1. The number of para-hydroxylation sites is 1. The van der Waals surface area contributed by atoms with E-state index in [0.29, 0.717) is 31.1 Å². The summed E-state index contributed by atoms with van der Waals surface area (Å²) in [6.07, 6.45) is 5.91. The molecule has 3 aromatic rings. The van der Waals surface area contributed by atoms with Crippen LogP contribution in [0.15, 0.2) is 48.8 Å². The Morgan fingerprint density at radius 2 is 1.74 bits per heavy atom. The number of aromatic nitrogens is 4. The van der Waals surface area contributed by atoms with Gasteiger partial charge in [-0.2, -0.15) is 10.1 Å². The third kappa shape index (κ3) is 5.18. The molecule has 9 heteroatoms. The second-order valence-electron chi connectivity index (χ2n) is 9.30. The molecule has 2 saturated heterocycles. The van der Waals surface area contributed by atoms with E-state index in [9.17, 15) is 9.59 Å². The van der Waals surface area contributed by atoms with Gasteiger partial charge in [-0.3, -0.25) is 14.3 Å². The van der Waals surface area contributed by atoms with Crippen molar-refractivity contribution in [2.24, 2.45) is 0 Å². The zero-order valence-electron chi connectivity index (χ0n) is 20.1. The Balaban J connectivity index is 1.20. The van der Waals surface area contributed by atoms with Crippen molar-refractivity contribution >= 4 is 11.8 Å². The lowest BCUT2D eigenvalue weighted by atomic mass is 9.95. The highest BCUT2D eigenvalue weighted by Gasteiger charge is 2.29. The number of carbonyl (C=O) groups excluding carboxylic acids is 2. The molecule has 1 aromatic carbocycles. The maximum Gasteiger partial charge on any atom is 0.257 e. The Morgan fingerprint density at radius 1 is 1.00 bits per heavy atom. The van der Waals surface area contributed by atoms with E-state index in [1.807, 2.05) is 64.0 Å². The molecule has 35 heavy (non-hydrogen) atoms. The number of likely N-dealkylation sites (tertiary alicyclic amines) is 2. The largest absolute Gasteiger partial charge is 0.439 e. The van der Waals surface area contributed by atoms with Gasteiger partial charge in [0.1, 0.15) is 11.6 Å². The minimum Gasteiger partial charge on any atom is -0.439 e. The Bertz CT molecular complexity index is 1200. The van der Waals surface area contributed by atoms with E-state index in [1.54, 1.807) is 13.1 Å². The molecule has 2 aromatic heterocycles. The minimum absolute atomic E-state index is 0.00520. The minimum atomic E-state index is -0.00520. The standard InChI is InChI=1S/C26H30N6O3/c1-18-14-24(35-23-6-4-3-5-7-23)29-25(28-18)20-8-11-30(12-9-20)26(34)21-15-27-32(16-21)22-10-13-31(17-22)19(2)33/h3-7,14-16,20,22H,8-13,17H2,1-2H3. The van der Waals surface area contributed by atoms with Crippen LogP contribution in [0.5, 0.6) is 11.6 Å². The summed E-state index contributed by atoms with van der Waals surface area (Å²) in [5.41, 5.74) is 1.46. The average molecular weight is 475 g/mol. The van der Waals surface area contributed by atoms with Crippen molar-refractivity contribution in [3.63, 3.8) is 0 Å². The molecule has 1 atom stereocenters. The fourth-order valence-corrected chi connectivity index (χ4v) is 4.82. The molecular formula is C26H30N6O3. The molecule has 0 saturated carbocycles. The van der Waals surface area contributed by atoms with Crippen molar-refractivity contribution in [3.05, 3.63) is 65.9 Å². The first-order chi connectivity index (χ1) is 17.0. The van der Waals surface area contributed by atoms with Gasteiger partial charge in [0.2, 0.25) is 11.8 Å². The quantitative estimate of drug-likeness (QED) is 0.561. The van der Waals surface area contributed by atoms with Crippen LogP contribution in [0.3, 0.4) is 0 Å². The summed E-state index contributed by atoms with van der Waals surface area (Å²) in [6.45, 7) is 6.19. The van der Waals surface area contributed by atoms with Gasteiger partial charge in [0.15, 0.2) is 0 Å². The van der Waals surface area contributed by atoms with Gasteiger partial charge in [-0.1, -0.05) is 18.2 Å². The molecule has 0 spiro atoms. The number of rotatable bonds is 5. The molecule has 4 heterocycles. The van der Waals surface area contributed by atoms with Gasteiger partial charge in [-0.15, -0.1) is 0 Å². The number of amides is 2. The van der Waals surface area contributed by atoms with Crippen LogP contribution in [-0.4, -0.2) is 67.5 Å². The summed E-state index contributed by atoms with van der Waals surface area (Å²) < 4.78 is 7.76. The highest BCUT2D eigenvalue weighted by molar-refractivity contribution is 5.93. The average Bonchev–Trinajstić information content (AvgIpc) is 3.54. The molecule has 2 aliphatic heterocycles. The summed E-state index contributed by atoms with van der Waals surface area (Å²) >= 11 is 0. The number of benzene rings is 1. The summed E-state index contributed by atoms with van der Waals surface area (Å²) in [7, 11) is 0. The molecule has 0 radical (unpaired) electrons. The highest BCUT2D eigenvalue weighted by atomic mass is 16.5. The van der Waals surface area contributed by atoms with Crippen LogP contribution in [0, 0.1) is 6.92 Å². The molecule has 182 valence electrons.